The first-order valence-corrected chi connectivity index (χ1v) is 9.73. The average molecular weight is 418 g/mol. The van der Waals surface area contributed by atoms with Crippen molar-refractivity contribution in [3.8, 4) is 0 Å². The lowest BCUT2D eigenvalue weighted by atomic mass is 10.2. The van der Waals surface area contributed by atoms with Gasteiger partial charge >= 0.3 is 0 Å². The van der Waals surface area contributed by atoms with E-state index in [1.807, 2.05) is 0 Å². The Morgan fingerprint density at radius 2 is 2.00 bits per heavy atom. The van der Waals surface area contributed by atoms with Gasteiger partial charge in [0.05, 0.1) is 15.5 Å². The maximum atomic E-state index is 12.8. The number of pyridine rings is 1. The molecule has 0 saturated heterocycles. The molecule has 2 aromatic rings. The van der Waals surface area contributed by atoms with E-state index in [0.717, 1.165) is 10.7 Å². The molecule has 2 rings (SSSR count). The van der Waals surface area contributed by atoms with Gasteiger partial charge in [-0.25, -0.2) is 13.4 Å². The summed E-state index contributed by atoms with van der Waals surface area (Å²) in [6.07, 6.45) is 2.66. The van der Waals surface area contributed by atoms with E-state index in [1.54, 1.807) is 25.3 Å². The van der Waals surface area contributed by atoms with E-state index in [9.17, 15) is 13.2 Å². The van der Waals surface area contributed by atoms with E-state index in [-0.39, 0.29) is 15.5 Å². The lowest BCUT2D eigenvalue weighted by Gasteiger charge is -2.20. The van der Waals surface area contributed by atoms with Gasteiger partial charge in [0.2, 0.25) is 0 Å². The van der Waals surface area contributed by atoms with Gasteiger partial charge in [-0.1, -0.05) is 11.6 Å². The van der Waals surface area contributed by atoms with Gasteiger partial charge in [-0.15, -0.1) is 0 Å². The lowest BCUT2D eigenvalue weighted by Crippen LogP contribution is -2.31. The highest BCUT2D eigenvalue weighted by Gasteiger charge is 2.21. The highest BCUT2D eigenvalue weighted by Crippen LogP contribution is 2.24. The van der Waals surface area contributed by atoms with Crippen LogP contribution >= 0.6 is 27.5 Å². The van der Waals surface area contributed by atoms with E-state index < -0.39 is 15.7 Å². The first kappa shape index (κ1) is 17.9. The number of halogens is 2. The third-order valence-corrected chi connectivity index (χ3v) is 5.05. The number of rotatable bonds is 4. The summed E-state index contributed by atoms with van der Waals surface area (Å²) >= 11 is 9.37. The largest absolute Gasteiger partial charge is 0.293 e. The van der Waals surface area contributed by atoms with E-state index >= 15 is 0 Å². The Bertz CT molecular complexity index is 838. The summed E-state index contributed by atoms with van der Waals surface area (Å²) in [7, 11) is -3.43. The first-order chi connectivity index (χ1) is 10.7. The zero-order chi connectivity index (χ0) is 17.2. The molecule has 0 N–H and O–H groups in total. The molecule has 0 fully saturated rings. The number of amides is 1. The molecule has 122 valence electrons. The topological polar surface area (TPSA) is 67.3 Å². The summed E-state index contributed by atoms with van der Waals surface area (Å²) in [6, 6.07) is 7.55. The molecule has 0 bridgehead atoms. The predicted octanol–water partition coefficient (Wildman–Crippen LogP) is 3.57. The maximum absolute atomic E-state index is 12.8. The molecule has 0 aliphatic rings. The van der Waals surface area contributed by atoms with Crippen molar-refractivity contribution in [3.05, 3.63) is 51.6 Å². The zero-order valence-electron chi connectivity index (χ0n) is 12.5. The molecular formula is C15H14BrClN2O3S. The smallest absolute Gasteiger partial charge is 0.260 e. The lowest BCUT2D eigenvalue weighted by molar-refractivity contribution is 0.0987. The van der Waals surface area contributed by atoms with Gasteiger partial charge in [-0.05, 0) is 53.2 Å². The van der Waals surface area contributed by atoms with E-state index in [2.05, 4.69) is 20.9 Å². The molecule has 1 aromatic heterocycles. The maximum Gasteiger partial charge on any atom is 0.260 e. The molecule has 0 aliphatic carbocycles. The third-order valence-electron chi connectivity index (χ3n) is 3.15. The fourth-order valence-corrected chi connectivity index (χ4v) is 3.06. The van der Waals surface area contributed by atoms with Crippen LogP contribution in [-0.4, -0.2) is 32.1 Å². The first-order valence-electron chi connectivity index (χ1n) is 6.67. The van der Waals surface area contributed by atoms with Crippen molar-refractivity contribution in [2.75, 3.05) is 17.7 Å². The molecular weight excluding hydrogens is 404 g/mol. The van der Waals surface area contributed by atoms with Crippen molar-refractivity contribution in [1.29, 1.82) is 0 Å². The number of anilines is 1. The third kappa shape index (κ3) is 4.10. The molecule has 0 aliphatic heterocycles. The Morgan fingerprint density at radius 3 is 2.52 bits per heavy atom. The number of carbonyl (C=O) groups is 1. The normalized spacial score (nSPS) is 11.3. The fraction of sp³-hybridized carbons (Fsp3) is 0.200. The minimum atomic E-state index is -3.43. The van der Waals surface area contributed by atoms with Gasteiger partial charge in [0.1, 0.15) is 5.82 Å². The monoisotopic (exact) mass is 416 g/mol. The number of nitrogens with zero attached hydrogens (tertiary/aromatic N) is 2. The van der Waals surface area contributed by atoms with Crippen LogP contribution in [0.25, 0.3) is 0 Å². The van der Waals surface area contributed by atoms with Crippen molar-refractivity contribution in [1.82, 2.24) is 4.98 Å². The quantitative estimate of drug-likeness (QED) is 0.763. The highest BCUT2D eigenvalue weighted by molar-refractivity contribution is 9.10. The molecule has 0 unspecified atom stereocenters. The van der Waals surface area contributed by atoms with Crippen LogP contribution in [0.2, 0.25) is 5.02 Å². The van der Waals surface area contributed by atoms with Gasteiger partial charge in [0.25, 0.3) is 5.91 Å². The molecule has 1 heterocycles. The van der Waals surface area contributed by atoms with Crippen molar-refractivity contribution in [3.63, 3.8) is 0 Å². The second kappa shape index (κ2) is 6.98. The molecule has 0 atom stereocenters. The highest BCUT2D eigenvalue weighted by atomic mass is 79.9. The number of carbonyl (C=O) groups excluding carboxylic acids is 1. The van der Waals surface area contributed by atoms with Gasteiger partial charge in [-0.3, -0.25) is 9.69 Å². The van der Waals surface area contributed by atoms with Crippen molar-refractivity contribution < 1.29 is 13.2 Å². The Kier molecular flexibility index (Phi) is 5.44. The zero-order valence-corrected chi connectivity index (χ0v) is 15.6. The minimum absolute atomic E-state index is 0.0464. The SMILES string of the molecule is CCN(C(=O)c1cc(S(C)(=O)=O)ccc1Cl)c1ccc(Br)cn1. The van der Waals surface area contributed by atoms with Gasteiger partial charge in [0.15, 0.2) is 9.84 Å². The Morgan fingerprint density at radius 1 is 1.30 bits per heavy atom. The van der Waals surface area contributed by atoms with Crippen molar-refractivity contribution in [2.45, 2.75) is 11.8 Å². The Labute approximate surface area is 148 Å². The molecule has 0 saturated carbocycles. The summed E-state index contributed by atoms with van der Waals surface area (Å²) < 4.78 is 24.2. The molecule has 8 heteroatoms. The molecule has 0 radical (unpaired) electrons. The fourth-order valence-electron chi connectivity index (χ4n) is 1.98. The minimum Gasteiger partial charge on any atom is -0.293 e. The average Bonchev–Trinajstić information content (AvgIpc) is 2.49. The summed E-state index contributed by atoms with van der Waals surface area (Å²) in [6.45, 7) is 2.17. The molecule has 0 spiro atoms. The van der Waals surface area contributed by atoms with Crippen LogP contribution in [0.3, 0.4) is 0 Å². The van der Waals surface area contributed by atoms with E-state index in [4.69, 9.17) is 11.6 Å². The van der Waals surface area contributed by atoms with Crippen LogP contribution in [0, 0.1) is 0 Å². The Hall–Kier alpha value is -1.44. The van der Waals surface area contributed by atoms with Crippen LogP contribution in [0.15, 0.2) is 45.9 Å². The van der Waals surface area contributed by atoms with E-state index in [0.29, 0.717) is 12.4 Å². The molecule has 1 amide bonds. The molecule has 1 aromatic carbocycles. The van der Waals surface area contributed by atoms with Gasteiger partial charge < -0.3 is 0 Å². The van der Waals surface area contributed by atoms with Crippen LogP contribution < -0.4 is 4.90 Å². The van der Waals surface area contributed by atoms with Crippen LogP contribution in [0.1, 0.15) is 17.3 Å². The van der Waals surface area contributed by atoms with Gasteiger partial charge in [-0.2, -0.15) is 0 Å². The van der Waals surface area contributed by atoms with Crippen molar-refractivity contribution >= 4 is 49.1 Å². The Balaban J connectivity index is 2.47. The van der Waals surface area contributed by atoms with E-state index in [1.165, 1.54) is 23.1 Å². The van der Waals surface area contributed by atoms with Crippen LogP contribution in [0.5, 0.6) is 0 Å². The van der Waals surface area contributed by atoms with Crippen LogP contribution in [-0.2, 0) is 9.84 Å². The summed E-state index contributed by atoms with van der Waals surface area (Å²) in [4.78, 5) is 18.4. The molecule has 5 nitrogen and oxygen atoms in total. The summed E-state index contributed by atoms with van der Waals surface area (Å²) in [5.41, 5.74) is 0.126. The van der Waals surface area contributed by atoms with Crippen molar-refractivity contribution in [2.24, 2.45) is 0 Å². The molecule has 23 heavy (non-hydrogen) atoms. The number of benzene rings is 1. The standard InChI is InChI=1S/C15H14BrClN2O3S/c1-3-19(14-7-4-10(16)9-18-14)15(20)12-8-11(23(2,21)22)5-6-13(12)17/h4-9H,3H2,1-2H3. The van der Waals surface area contributed by atoms with Crippen LogP contribution in [0.4, 0.5) is 5.82 Å². The number of sulfone groups is 1. The number of aromatic nitrogens is 1. The van der Waals surface area contributed by atoms with Gasteiger partial charge in [0, 0.05) is 23.5 Å². The predicted molar refractivity (Wildman–Crippen MR) is 93.8 cm³/mol. The number of hydrogen-bond acceptors (Lipinski definition) is 4. The summed E-state index contributed by atoms with van der Waals surface area (Å²) in [5, 5.41) is 0.193. The summed E-state index contributed by atoms with van der Waals surface area (Å²) in [5.74, 6) is 0.0550. The number of hydrogen-bond donors (Lipinski definition) is 0. The second-order valence-corrected chi connectivity index (χ2v) is 8.14. The second-order valence-electron chi connectivity index (χ2n) is 4.80.